The van der Waals surface area contributed by atoms with Crippen LogP contribution in [-0.4, -0.2) is 43.1 Å². The molecule has 2 heterocycles. The first-order valence-corrected chi connectivity index (χ1v) is 6.33. The van der Waals surface area contributed by atoms with Crippen LogP contribution in [0, 0.1) is 11.3 Å². The maximum atomic E-state index is 12.7. The van der Waals surface area contributed by atoms with Gasteiger partial charge >= 0.3 is 6.18 Å². The minimum absolute atomic E-state index is 0.137. The third-order valence-electron chi connectivity index (χ3n) is 3.31. The second-order valence-corrected chi connectivity index (χ2v) is 4.82. The third-order valence-corrected chi connectivity index (χ3v) is 3.31. The zero-order valence-electron chi connectivity index (χ0n) is 11.1. The molecule has 0 aliphatic carbocycles. The Balaban J connectivity index is 2.35. The van der Waals surface area contributed by atoms with Crippen molar-refractivity contribution in [2.24, 2.45) is 0 Å². The molecule has 2 rings (SSSR count). The molecule has 0 unspecified atom stereocenters. The molecule has 7 heteroatoms. The van der Waals surface area contributed by atoms with Crippen LogP contribution in [0.3, 0.4) is 0 Å². The van der Waals surface area contributed by atoms with Crippen LogP contribution < -0.4 is 4.90 Å². The van der Waals surface area contributed by atoms with Gasteiger partial charge in [0, 0.05) is 19.6 Å². The molecule has 4 nitrogen and oxygen atoms in total. The van der Waals surface area contributed by atoms with Crippen LogP contribution in [0.4, 0.5) is 19.0 Å². The Kier molecular flexibility index (Phi) is 4.14. The summed E-state index contributed by atoms with van der Waals surface area (Å²) in [5, 5.41) is 9.06. The van der Waals surface area contributed by atoms with Gasteiger partial charge in [-0.3, -0.25) is 0 Å². The Labute approximate surface area is 115 Å². The first-order chi connectivity index (χ1) is 9.41. The van der Waals surface area contributed by atoms with E-state index in [9.17, 15) is 13.2 Å². The van der Waals surface area contributed by atoms with Gasteiger partial charge in [0.05, 0.1) is 5.56 Å². The Morgan fingerprint density at radius 3 is 2.60 bits per heavy atom. The lowest BCUT2D eigenvalue weighted by molar-refractivity contribution is -0.141. The molecule has 108 valence electrons. The number of halogens is 3. The van der Waals surface area contributed by atoms with Gasteiger partial charge < -0.3 is 9.80 Å². The summed E-state index contributed by atoms with van der Waals surface area (Å²) >= 11 is 0. The van der Waals surface area contributed by atoms with Crippen molar-refractivity contribution in [2.45, 2.75) is 12.6 Å². The number of hydrogen-bond donors (Lipinski definition) is 0. The number of likely N-dealkylation sites (N-methyl/N-ethyl adjacent to an activating group) is 1. The molecule has 0 N–H and O–H groups in total. The molecular formula is C13H15F3N4. The Morgan fingerprint density at radius 2 is 1.95 bits per heavy atom. The van der Waals surface area contributed by atoms with E-state index in [1.165, 1.54) is 6.07 Å². The van der Waals surface area contributed by atoms with Gasteiger partial charge in [-0.25, -0.2) is 4.98 Å². The number of aromatic nitrogens is 1. The first-order valence-electron chi connectivity index (χ1n) is 6.33. The molecule has 0 atom stereocenters. The van der Waals surface area contributed by atoms with Crippen LogP contribution in [0.15, 0.2) is 12.1 Å². The first kappa shape index (κ1) is 14.6. The molecule has 0 aromatic carbocycles. The van der Waals surface area contributed by atoms with Crippen molar-refractivity contribution in [3.8, 4) is 6.07 Å². The molecule has 0 saturated carbocycles. The number of alkyl halides is 3. The fourth-order valence-electron chi connectivity index (χ4n) is 2.19. The second-order valence-electron chi connectivity index (χ2n) is 4.82. The Morgan fingerprint density at radius 1 is 1.20 bits per heavy atom. The normalized spacial score (nSPS) is 17.6. The summed E-state index contributed by atoms with van der Waals surface area (Å²) in [6.07, 6.45) is -3.66. The number of hydrogen-bond acceptors (Lipinski definition) is 4. The number of anilines is 1. The number of pyridine rings is 1. The molecule has 0 bridgehead atoms. The van der Waals surface area contributed by atoms with E-state index in [1.54, 1.807) is 4.90 Å². The molecule has 0 radical (unpaired) electrons. The number of nitriles is 1. The highest BCUT2D eigenvalue weighted by Crippen LogP contribution is 2.30. The molecule has 1 aromatic heterocycles. The second kappa shape index (κ2) is 5.67. The Hall–Kier alpha value is -1.81. The summed E-state index contributed by atoms with van der Waals surface area (Å²) in [4.78, 5) is 7.54. The predicted octanol–water partition coefficient (Wildman–Crippen LogP) is 2.11. The maximum Gasteiger partial charge on any atom is 0.433 e. The van der Waals surface area contributed by atoms with Crippen molar-refractivity contribution < 1.29 is 13.2 Å². The average molecular weight is 284 g/mol. The molecule has 20 heavy (non-hydrogen) atoms. The van der Waals surface area contributed by atoms with Gasteiger partial charge in [0.25, 0.3) is 0 Å². The van der Waals surface area contributed by atoms with Gasteiger partial charge in [0.1, 0.15) is 17.6 Å². The highest BCUT2D eigenvalue weighted by atomic mass is 19.4. The zero-order valence-corrected chi connectivity index (χ0v) is 11.1. The van der Waals surface area contributed by atoms with Crippen LogP contribution in [0.5, 0.6) is 0 Å². The van der Waals surface area contributed by atoms with E-state index in [-0.39, 0.29) is 11.4 Å². The average Bonchev–Trinajstić information content (AvgIpc) is 2.61. The third kappa shape index (κ3) is 3.20. The van der Waals surface area contributed by atoms with Gasteiger partial charge in [-0.15, -0.1) is 0 Å². The molecular weight excluding hydrogens is 269 g/mol. The van der Waals surface area contributed by atoms with Crippen molar-refractivity contribution in [3.05, 3.63) is 23.4 Å². The minimum Gasteiger partial charge on any atom is -0.354 e. The van der Waals surface area contributed by atoms with Crippen LogP contribution in [0.2, 0.25) is 0 Å². The molecule has 1 saturated heterocycles. The lowest BCUT2D eigenvalue weighted by Crippen LogP contribution is -2.30. The van der Waals surface area contributed by atoms with Crippen molar-refractivity contribution in [3.63, 3.8) is 0 Å². The molecule has 1 fully saturated rings. The molecule has 1 aliphatic rings. The van der Waals surface area contributed by atoms with Crippen molar-refractivity contribution in [2.75, 3.05) is 38.1 Å². The largest absolute Gasteiger partial charge is 0.433 e. The fraction of sp³-hybridized carbons (Fsp3) is 0.538. The van der Waals surface area contributed by atoms with Crippen LogP contribution in [0.1, 0.15) is 17.7 Å². The highest BCUT2D eigenvalue weighted by Gasteiger charge is 2.33. The lowest BCUT2D eigenvalue weighted by Gasteiger charge is -2.23. The summed E-state index contributed by atoms with van der Waals surface area (Å²) in [6, 6.07) is 3.97. The minimum atomic E-state index is -4.49. The van der Waals surface area contributed by atoms with Crippen molar-refractivity contribution >= 4 is 5.82 Å². The molecule has 1 aromatic rings. The summed E-state index contributed by atoms with van der Waals surface area (Å²) < 4.78 is 38.2. The van der Waals surface area contributed by atoms with E-state index in [1.807, 2.05) is 13.1 Å². The van der Waals surface area contributed by atoms with Gasteiger partial charge in [-0.1, -0.05) is 0 Å². The lowest BCUT2D eigenvalue weighted by atomic mass is 10.2. The molecule has 0 spiro atoms. The fourth-order valence-corrected chi connectivity index (χ4v) is 2.19. The van der Waals surface area contributed by atoms with Gasteiger partial charge in [0.2, 0.25) is 0 Å². The quantitative estimate of drug-likeness (QED) is 0.792. The van der Waals surface area contributed by atoms with Crippen molar-refractivity contribution in [1.82, 2.24) is 9.88 Å². The molecule has 0 amide bonds. The topological polar surface area (TPSA) is 43.2 Å². The SMILES string of the molecule is CN1CCCN(c2nc(C(F)(F)F)ccc2C#N)CC1. The van der Waals surface area contributed by atoms with Crippen molar-refractivity contribution in [1.29, 1.82) is 5.26 Å². The van der Waals surface area contributed by atoms with E-state index in [0.29, 0.717) is 13.1 Å². The summed E-state index contributed by atoms with van der Waals surface area (Å²) in [6.45, 7) is 2.80. The van der Waals surface area contributed by atoms with E-state index in [2.05, 4.69) is 9.88 Å². The number of rotatable bonds is 1. The smallest absolute Gasteiger partial charge is 0.354 e. The standard InChI is InChI=1S/C13H15F3N4/c1-19-5-2-6-20(8-7-19)12-10(9-17)3-4-11(18-12)13(14,15)16/h3-4H,2,5-8H2,1H3. The van der Waals surface area contributed by atoms with Gasteiger partial charge in [-0.05, 0) is 32.1 Å². The summed E-state index contributed by atoms with van der Waals surface area (Å²) in [5.74, 6) is 0.137. The van der Waals surface area contributed by atoms with E-state index >= 15 is 0 Å². The van der Waals surface area contributed by atoms with Gasteiger partial charge in [-0.2, -0.15) is 18.4 Å². The van der Waals surface area contributed by atoms with Crippen LogP contribution in [-0.2, 0) is 6.18 Å². The highest BCUT2D eigenvalue weighted by molar-refractivity contribution is 5.54. The Bertz CT molecular complexity index is 521. The van der Waals surface area contributed by atoms with Crippen LogP contribution in [0.25, 0.3) is 0 Å². The maximum absolute atomic E-state index is 12.7. The summed E-state index contributed by atoms with van der Waals surface area (Å²) in [7, 11) is 1.97. The monoisotopic (exact) mass is 284 g/mol. The molecule has 1 aliphatic heterocycles. The number of nitrogens with zero attached hydrogens (tertiary/aromatic N) is 4. The van der Waals surface area contributed by atoms with Gasteiger partial charge in [0.15, 0.2) is 0 Å². The van der Waals surface area contributed by atoms with Crippen LogP contribution >= 0.6 is 0 Å². The van der Waals surface area contributed by atoms with E-state index in [4.69, 9.17) is 5.26 Å². The summed E-state index contributed by atoms with van der Waals surface area (Å²) in [5.41, 5.74) is -0.772. The predicted molar refractivity (Wildman–Crippen MR) is 68.3 cm³/mol. The van der Waals surface area contributed by atoms with E-state index < -0.39 is 11.9 Å². The zero-order chi connectivity index (χ0) is 14.8. The van der Waals surface area contributed by atoms with E-state index in [0.717, 1.165) is 25.6 Å².